The van der Waals surface area contributed by atoms with Crippen LogP contribution in [0.5, 0.6) is 0 Å². The molecule has 0 bridgehead atoms. The number of hydrogen-bond acceptors (Lipinski definition) is 3. The minimum atomic E-state index is -3.23. The van der Waals surface area contributed by atoms with Gasteiger partial charge in [-0.05, 0) is 0 Å². The fourth-order valence-electron chi connectivity index (χ4n) is 1.95. The van der Waals surface area contributed by atoms with Crippen LogP contribution in [-0.4, -0.2) is 33.5 Å². The molecule has 1 atom stereocenters. The Hall–Kier alpha value is -0.0805. The average Bonchev–Trinajstić information content (AvgIpc) is 2.53. The fraction of sp³-hybridized carbons (Fsp3) is 0.529. The summed E-state index contributed by atoms with van der Waals surface area (Å²) >= 11 is 6.60. The molecule has 3 nitrogen and oxygen atoms in total. The first-order chi connectivity index (χ1) is 11.0. The van der Waals surface area contributed by atoms with Crippen molar-refractivity contribution in [2.45, 2.75) is 45.4 Å². The van der Waals surface area contributed by atoms with Gasteiger partial charge in [0.25, 0.3) is 0 Å². The third kappa shape index (κ3) is 8.03. The number of halogens is 1. The molecule has 0 heterocycles. The van der Waals surface area contributed by atoms with Gasteiger partial charge >= 0.3 is 151 Å². The second-order valence-corrected chi connectivity index (χ2v) is 9.72. The minimum absolute atomic E-state index is 0.00524. The van der Waals surface area contributed by atoms with Crippen LogP contribution in [0.2, 0.25) is 0 Å². The van der Waals surface area contributed by atoms with Crippen LogP contribution >= 0.6 is 19.2 Å². The molecule has 0 aliphatic carbocycles. The maximum absolute atomic E-state index is 12.8. The van der Waals surface area contributed by atoms with E-state index in [4.69, 9.17) is 20.6 Å². The number of benzene rings is 1. The van der Waals surface area contributed by atoms with E-state index in [0.29, 0.717) is 13.2 Å². The fourth-order valence-corrected chi connectivity index (χ4v) is 6.82. The summed E-state index contributed by atoms with van der Waals surface area (Å²) in [5.74, 6) is 1.67. The third-order valence-electron chi connectivity index (χ3n) is 3.00. The van der Waals surface area contributed by atoms with Crippen LogP contribution in [0.3, 0.4) is 0 Å². The molecular formula is C17H26ClO3PSe. The van der Waals surface area contributed by atoms with Crippen LogP contribution in [-0.2, 0) is 13.6 Å². The molecule has 6 heteroatoms. The summed E-state index contributed by atoms with van der Waals surface area (Å²) in [6.07, 6.45) is 3.00. The van der Waals surface area contributed by atoms with Crippen LogP contribution in [0.15, 0.2) is 40.6 Å². The number of hydrogen-bond donors (Lipinski definition) is 0. The van der Waals surface area contributed by atoms with Crippen LogP contribution < -0.4 is 4.46 Å². The van der Waals surface area contributed by atoms with Crippen molar-refractivity contribution in [3.63, 3.8) is 0 Å². The van der Waals surface area contributed by atoms with E-state index in [2.05, 4.69) is 19.1 Å². The standard InChI is InChI=1S/C17H26ClO3PSe/c1-4-7-13-16(18)17(23-15-11-9-8-10-12-15)14-22(19,20-5-2)21-6-3/h8-12,14,16H,4-7,13H2,1-3H3/b17-14-. The van der Waals surface area contributed by atoms with Crippen molar-refractivity contribution >= 4 is 38.6 Å². The molecule has 0 fully saturated rings. The van der Waals surface area contributed by atoms with Crippen molar-refractivity contribution in [1.82, 2.24) is 0 Å². The van der Waals surface area contributed by atoms with Gasteiger partial charge in [-0.2, -0.15) is 0 Å². The number of unbranched alkanes of at least 4 members (excludes halogenated alkanes) is 1. The van der Waals surface area contributed by atoms with Gasteiger partial charge in [-0.25, -0.2) is 0 Å². The molecule has 0 amide bonds. The predicted octanol–water partition coefficient (Wildman–Crippen LogP) is 4.92. The molecule has 1 unspecified atom stereocenters. The summed E-state index contributed by atoms with van der Waals surface area (Å²) in [5, 5.41) is -0.135. The van der Waals surface area contributed by atoms with E-state index in [1.54, 1.807) is 5.82 Å². The van der Waals surface area contributed by atoms with E-state index < -0.39 is 7.60 Å². The Morgan fingerprint density at radius 3 is 2.35 bits per heavy atom. The Morgan fingerprint density at radius 2 is 1.83 bits per heavy atom. The maximum atomic E-state index is 12.8. The predicted molar refractivity (Wildman–Crippen MR) is 99.9 cm³/mol. The van der Waals surface area contributed by atoms with Gasteiger partial charge in [-0.1, -0.05) is 0 Å². The van der Waals surface area contributed by atoms with Gasteiger partial charge in [0.1, 0.15) is 0 Å². The molecule has 0 aliphatic heterocycles. The Morgan fingerprint density at radius 1 is 1.22 bits per heavy atom. The number of alkyl halides is 1. The zero-order valence-corrected chi connectivity index (χ0v) is 17.4. The molecule has 0 saturated heterocycles. The molecule has 0 N–H and O–H groups in total. The molecule has 0 aromatic heterocycles. The summed E-state index contributed by atoms with van der Waals surface area (Å²) in [6.45, 7) is 6.47. The van der Waals surface area contributed by atoms with Crippen LogP contribution in [0.25, 0.3) is 0 Å². The Balaban J connectivity index is 3.05. The van der Waals surface area contributed by atoms with E-state index in [9.17, 15) is 4.57 Å². The second kappa shape index (κ2) is 11.5. The van der Waals surface area contributed by atoms with E-state index in [0.717, 1.165) is 23.7 Å². The normalized spacial score (nSPS) is 14.0. The van der Waals surface area contributed by atoms with Gasteiger partial charge in [-0.3, -0.25) is 0 Å². The van der Waals surface area contributed by atoms with Gasteiger partial charge < -0.3 is 0 Å². The quantitative estimate of drug-likeness (QED) is 0.288. The molecule has 0 spiro atoms. The molecule has 0 saturated carbocycles. The summed E-state index contributed by atoms with van der Waals surface area (Å²) in [4.78, 5) is 0. The molecular weight excluding hydrogens is 398 g/mol. The van der Waals surface area contributed by atoms with Crippen molar-refractivity contribution in [1.29, 1.82) is 0 Å². The molecule has 1 aromatic carbocycles. The SMILES string of the molecule is CCCCC(Cl)/C(=C/P(=O)(OCC)OCC)[Se]c1ccccc1. The Labute approximate surface area is 151 Å². The van der Waals surface area contributed by atoms with Gasteiger partial charge in [0, 0.05) is 0 Å². The average molecular weight is 424 g/mol. The first kappa shape index (κ1) is 21.0. The van der Waals surface area contributed by atoms with Crippen LogP contribution in [0, 0.1) is 0 Å². The first-order valence-corrected chi connectivity index (χ1v) is 11.8. The monoisotopic (exact) mass is 424 g/mol. The molecule has 0 radical (unpaired) electrons. The summed E-state index contributed by atoms with van der Waals surface area (Å²) in [6, 6.07) is 10.2. The topological polar surface area (TPSA) is 35.5 Å². The van der Waals surface area contributed by atoms with E-state index >= 15 is 0 Å². The number of rotatable bonds is 11. The summed E-state index contributed by atoms with van der Waals surface area (Å²) < 4.78 is 25.8. The molecule has 1 aromatic rings. The number of allylic oxidation sites excluding steroid dienone is 1. The van der Waals surface area contributed by atoms with E-state index in [1.165, 1.54) is 4.46 Å². The van der Waals surface area contributed by atoms with Crippen molar-refractivity contribution in [2.75, 3.05) is 13.2 Å². The van der Waals surface area contributed by atoms with Crippen molar-refractivity contribution in [2.24, 2.45) is 0 Å². The van der Waals surface area contributed by atoms with E-state index in [-0.39, 0.29) is 20.3 Å². The molecule has 23 heavy (non-hydrogen) atoms. The van der Waals surface area contributed by atoms with Crippen molar-refractivity contribution < 1.29 is 13.6 Å². The third-order valence-corrected chi connectivity index (χ3v) is 8.38. The zero-order valence-electron chi connectivity index (χ0n) is 14.0. The van der Waals surface area contributed by atoms with Crippen LogP contribution in [0.1, 0.15) is 40.0 Å². The van der Waals surface area contributed by atoms with Gasteiger partial charge in [0.05, 0.1) is 0 Å². The van der Waals surface area contributed by atoms with Crippen molar-refractivity contribution in [3.8, 4) is 0 Å². The second-order valence-electron chi connectivity index (χ2n) is 4.93. The summed E-state index contributed by atoms with van der Waals surface area (Å²) in [7, 11) is -3.23. The van der Waals surface area contributed by atoms with Gasteiger partial charge in [0.2, 0.25) is 0 Å². The van der Waals surface area contributed by atoms with Gasteiger partial charge in [-0.15, -0.1) is 0 Å². The van der Waals surface area contributed by atoms with Crippen molar-refractivity contribution in [3.05, 3.63) is 40.6 Å². The van der Waals surface area contributed by atoms with Crippen LogP contribution in [0.4, 0.5) is 0 Å². The Bertz CT molecular complexity index is 512. The Kier molecular flexibility index (Phi) is 10.5. The molecule has 130 valence electrons. The van der Waals surface area contributed by atoms with Gasteiger partial charge in [0.15, 0.2) is 0 Å². The molecule has 0 aliphatic rings. The van der Waals surface area contributed by atoms with E-state index in [1.807, 2.05) is 32.0 Å². The molecule has 1 rings (SSSR count). The summed E-state index contributed by atoms with van der Waals surface area (Å²) in [5.41, 5.74) is 0. The zero-order chi connectivity index (χ0) is 17.1. The first-order valence-electron chi connectivity index (χ1n) is 8.03.